The van der Waals surface area contributed by atoms with Gasteiger partial charge < -0.3 is 15.2 Å². The van der Waals surface area contributed by atoms with Crippen LogP contribution in [-0.4, -0.2) is 31.4 Å². The highest BCUT2D eigenvalue weighted by atomic mass is 16.5. The Bertz CT molecular complexity index is 324. The second-order valence-corrected chi connectivity index (χ2v) is 4.69. The highest BCUT2D eigenvalue weighted by molar-refractivity contribution is 5.29. The molecule has 0 saturated carbocycles. The molecule has 0 fully saturated rings. The van der Waals surface area contributed by atoms with E-state index in [1.807, 2.05) is 19.2 Å². The van der Waals surface area contributed by atoms with Gasteiger partial charge in [-0.1, -0.05) is 26.0 Å². The van der Waals surface area contributed by atoms with Gasteiger partial charge in [0.25, 0.3) is 0 Å². The quantitative estimate of drug-likeness (QED) is 0.746. The molecular weight excluding hydrogens is 226 g/mol. The van der Waals surface area contributed by atoms with E-state index in [-0.39, 0.29) is 12.6 Å². The predicted molar refractivity (Wildman–Crippen MR) is 75.2 cm³/mol. The van der Waals surface area contributed by atoms with E-state index in [2.05, 4.69) is 31.3 Å². The number of ether oxygens (including phenoxy) is 1. The summed E-state index contributed by atoms with van der Waals surface area (Å²) in [7, 11) is 1.88. The van der Waals surface area contributed by atoms with Crippen molar-refractivity contribution in [1.29, 1.82) is 0 Å². The van der Waals surface area contributed by atoms with E-state index >= 15 is 0 Å². The summed E-state index contributed by atoms with van der Waals surface area (Å²) in [6.45, 7) is 5.19. The summed E-state index contributed by atoms with van der Waals surface area (Å²) in [5, 5.41) is 12.0. The van der Waals surface area contributed by atoms with Crippen LogP contribution in [-0.2, 0) is 0 Å². The maximum atomic E-state index is 8.89. The minimum atomic E-state index is 0.182. The molecule has 0 heterocycles. The Balaban J connectivity index is 2.48. The molecule has 0 bridgehead atoms. The predicted octanol–water partition coefficient (Wildman–Crippen LogP) is 2.55. The van der Waals surface area contributed by atoms with Gasteiger partial charge in [-0.05, 0) is 43.5 Å². The average Bonchev–Trinajstić information content (AvgIpc) is 2.43. The molecule has 3 heteroatoms. The van der Waals surface area contributed by atoms with Crippen molar-refractivity contribution in [2.24, 2.45) is 0 Å². The van der Waals surface area contributed by atoms with E-state index in [1.165, 1.54) is 5.56 Å². The second-order valence-electron chi connectivity index (χ2n) is 4.69. The molecule has 0 aliphatic rings. The van der Waals surface area contributed by atoms with Crippen LogP contribution in [0.15, 0.2) is 24.3 Å². The highest BCUT2D eigenvalue weighted by Gasteiger charge is 2.07. The van der Waals surface area contributed by atoms with Crippen molar-refractivity contribution >= 4 is 0 Å². The molecule has 1 rings (SSSR count). The van der Waals surface area contributed by atoms with Crippen LogP contribution < -0.4 is 10.1 Å². The molecule has 0 spiro atoms. The lowest BCUT2D eigenvalue weighted by molar-refractivity contribution is 0.219. The topological polar surface area (TPSA) is 41.5 Å². The van der Waals surface area contributed by atoms with E-state index in [4.69, 9.17) is 9.84 Å². The van der Waals surface area contributed by atoms with E-state index in [0.29, 0.717) is 18.9 Å². The lowest BCUT2D eigenvalue weighted by atomic mass is 9.99. The molecule has 0 radical (unpaired) electrons. The van der Waals surface area contributed by atoms with Crippen molar-refractivity contribution in [3.63, 3.8) is 0 Å². The van der Waals surface area contributed by atoms with Crippen LogP contribution in [0.4, 0.5) is 0 Å². The number of hydrogen-bond donors (Lipinski definition) is 2. The Labute approximate surface area is 110 Å². The summed E-state index contributed by atoms with van der Waals surface area (Å²) < 4.78 is 5.71. The zero-order chi connectivity index (χ0) is 13.4. The Kier molecular flexibility index (Phi) is 6.76. The summed E-state index contributed by atoms with van der Waals surface area (Å²) in [5.74, 6) is 1.48. The van der Waals surface area contributed by atoms with Crippen LogP contribution in [0.3, 0.4) is 0 Å². The SMILES string of the molecule is CCC(C)c1ccc(OCC(CCO)NC)cc1. The normalized spacial score (nSPS) is 14.2. The minimum absolute atomic E-state index is 0.182. The Morgan fingerprint density at radius 2 is 1.94 bits per heavy atom. The third-order valence-corrected chi connectivity index (χ3v) is 3.40. The van der Waals surface area contributed by atoms with Gasteiger partial charge >= 0.3 is 0 Å². The number of likely N-dealkylation sites (N-methyl/N-ethyl adjacent to an activating group) is 1. The van der Waals surface area contributed by atoms with Crippen molar-refractivity contribution in [1.82, 2.24) is 5.32 Å². The van der Waals surface area contributed by atoms with Crippen LogP contribution in [0, 0.1) is 0 Å². The van der Waals surface area contributed by atoms with Crippen molar-refractivity contribution in [2.75, 3.05) is 20.3 Å². The maximum Gasteiger partial charge on any atom is 0.119 e. The Hall–Kier alpha value is -1.06. The van der Waals surface area contributed by atoms with E-state index in [0.717, 1.165) is 12.2 Å². The molecule has 2 unspecified atom stereocenters. The summed E-state index contributed by atoms with van der Waals surface area (Å²) in [6.07, 6.45) is 1.86. The molecule has 1 aromatic rings. The van der Waals surface area contributed by atoms with Crippen LogP contribution in [0.5, 0.6) is 5.75 Å². The average molecular weight is 251 g/mol. The minimum Gasteiger partial charge on any atom is -0.492 e. The third kappa shape index (κ3) is 4.67. The first-order valence-corrected chi connectivity index (χ1v) is 6.72. The van der Waals surface area contributed by atoms with Crippen LogP contribution in [0.2, 0.25) is 0 Å². The molecule has 0 saturated heterocycles. The Morgan fingerprint density at radius 3 is 2.44 bits per heavy atom. The number of rotatable bonds is 8. The molecule has 0 aliphatic carbocycles. The van der Waals surface area contributed by atoms with E-state index in [1.54, 1.807) is 0 Å². The summed E-state index contributed by atoms with van der Waals surface area (Å²) in [4.78, 5) is 0. The fourth-order valence-corrected chi connectivity index (χ4v) is 1.79. The lowest BCUT2D eigenvalue weighted by Crippen LogP contribution is -2.32. The summed E-state index contributed by atoms with van der Waals surface area (Å²) in [6, 6.07) is 8.50. The Morgan fingerprint density at radius 1 is 1.28 bits per heavy atom. The molecule has 0 amide bonds. The van der Waals surface area contributed by atoms with E-state index in [9.17, 15) is 0 Å². The molecule has 0 aromatic heterocycles. The van der Waals surface area contributed by atoms with Crippen LogP contribution in [0.1, 0.15) is 38.2 Å². The van der Waals surface area contributed by atoms with Crippen molar-refractivity contribution < 1.29 is 9.84 Å². The molecule has 1 aromatic carbocycles. The molecule has 2 atom stereocenters. The van der Waals surface area contributed by atoms with Gasteiger partial charge in [0, 0.05) is 12.6 Å². The molecule has 102 valence electrons. The lowest BCUT2D eigenvalue weighted by Gasteiger charge is -2.16. The fraction of sp³-hybridized carbons (Fsp3) is 0.600. The van der Waals surface area contributed by atoms with Gasteiger partial charge in [-0.25, -0.2) is 0 Å². The van der Waals surface area contributed by atoms with Crippen LogP contribution >= 0.6 is 0 Å². The number of hydrogen-bond acceptors (Lipinski definition) is 3. The zero-order valence-corrected chi connectivity index (χ0v) is 11.6. The first kappa shape index (κ1) is 15.0. The largest absolute Gasteiger partial charge is 0.492 e. The van der Waals surface area contributed by atoms with Crippen molar-refractivity contribution in [3.05, 3.63) is 29.8 Å². The summed E-state index contributed by atoms with van der Waals surface area (Å²) >= 11 is 0. The molecular formula is C15H25NO2. The number of nitrogens with one attached hydrogen (secondary N) is 1. The second kappa shape index (κ2) is 8.11. The first-order valence-electron chi connectivity index (χ1n) is 6.72. The molecule has 0 aliphatic heterocycles. The van der Waals surface area contributed by atoms with Gasteiger partial charge in [-0.15, -0.1) is 0 Å². The monoisotopic (exact) mass is 251 g/mol. The molecule has 3 nitrogen and oxygen atoms in total. The van der Waals surface area contributed by atoms with Gasteiger partial charge in [0.15, 0.2) is 0 Å². The number of benzene rings is 1. The standard InChI is InChI=1S/C15H25NO2/c1-4-12(2)13-5-7-15(8-6-13)18-11-14(16-3)9-10-17/h5-8,12,14,16-17H,4,9-11H2,1-3H3. The highest BCUT2D eigenvalue weighted by Crippen LogP contribution is 2.21. The van der Waals surface area contributed by atoms with Crippen LogP contribution in [0.25, 0.3) is 0 Å². The van der Waals surface area contributed by atoms with Gasteiger partial charge in [-0.2, -0.15) is 0 Å². The number of aliphatic hydroxyl groups is 1. The first-order chi connectivity index (χ1) is 8.71. The summed E-state index contributed by atoms with van der Waals surface area (Å²) in [5.41, 5.74) is 1.35. The zero-order valence-electron chi connectivity index (χ0n) is 11.6. The van der Waals surface area contributed by atoms with Gasteiger partial charge in [-0.3, -0.25) is 0 Å². The van der Waals surface area contributed by atoms with Gasteiger partial charge in [0.1, 0.15) is 12.4 Å². The van der Waals surface area contributed by atoms with Crippen molar-refractivity contribution in [2.45, 2.75) is 38.6 Å². The number of aliphatic hydroxyl groups excluding tert-OH is 1. The van der Waals surface area contributed by atoms with E-state index < -0.39 is 0 Å². The van der Waals surface area contributed by atoms with Gasteiger partial charge in [0.05, 0.1) is 0 Å². The van der Waals surface area contributed by atoms with Crippen molar-refractivity contribution in [3.8, 4) is 5.75 Å². The fourth-order valence-electron chi connectivity index (χ4n) is 1.79. The molecule has 2 N–H and O–H groups in total. The van der Waals surface area contributed by atoms with Gasteiger partial charge in [0.2, 0.25) is 0 Å². The maximum absolute atomic E-state index is 8.89. The third-order valence-electron chi connectivity index (χ3n) is 3.40. The molecule has 18 heavy (non-hydrogen) atoms. The smallest absolute Gasteiger partial charge is 0.119 e.